The van der Waals surface area contributed by atoms with Crippen LogP contribution in [0.3, 0.4) is 0 Å². The number of carbonyl (C=O) groups excluding carboxylic acids is 2. The molecule has 0 saturated carbocycles. The van der Waals surface area contributed by atoms with Crippen LogP contribution in [0.4, 0.5) is 0 Å². The quantitative estimate of drug-likeness (QED) is 0.204. The molecule has 32 heavy (non-hydrogen) atoms. The van der Waals surface area contributed by atoms with Gasteiger partial charge in [-0.3, -0.25) is 4.79 Å². The number of hydrogen-bond acceptors (Lipinski definition) is 6. The Balaban J connectivity index is 1.74. The Morgan fingerprint density at radius 1 is 0.906 bits per heavy atom. The van der Waals surface area contributed by atoms with E-state index in [-0.39, 0.29) is 5.75 Å². The Morgan fingerprint density at radius 2 is 1.56 bits per heavy atom. The zero-order valence-corrected chi connectivity index (χ0v) is 19.4. The summed E-state index contributed by atoms with van der Waals surface area (Å²) in [5, 5.41) is 4.50. The Morgan fingerprint density at radius 3 is 2.25 bits per heavy atom. The minimum absolute atomic E-state index is 0.275. The lowest BCUT2D eigenvalue weighted by molar-refractivity contribution is 0.0734. The van der Waals surface area contributed by atoms with Crippen molar-refractivity contribution < 1.29 is 23.8 Å². The SMILES string of the molecule is COc1ccc(C(=O)N/N=C/c2cc(Br)ccc2OC(=O)c2ccc(Cl)cc2)cc1OC. The average molecular weight is 518 g/mol. The van der Waals surface area contributed by atoms with Gasteiger partial charge in [-0.2, -0.15) is 5.10 Å². The standard InChI is InChI=1S/C23H18BrClN2O5/c1-30-20-9-5-15(12-21(20)31-2)22(28)27-26-13-16-11-17(24)6-10-19(16)32-23(29)14-3-7-18(25)8-4-14/h3-13H,1-2H3,(H,27,28)/b26-13+. The van der Waals surface area contributed by atoms with E-state index in [1.807, 2.05) is 0 Å². The molecule has 3 aromatic rings. The second-order valence-electron chi connectivity index (χ2n) is 6.35. The maximum absolute atomic E-state index is 12.4. The van der Waals surface area contributed by atoms with E-state index >= 15 is 0 Å². The summed E-state index contributed by atoms with van der Waals surface area (Å²) < 4.78 is 16.6. The third kappa shape index (κ3) is 5.87. The maximum Gasteiger partial charge on any atom is 0.343 e. The first-order chi connectivity index (χ1) is 15.4. The number of nitrogens with one attached hydrogen (secondary N) is 1. The first-order valence-electron chi connectivity index (χ1n) is 9.24. The fourth-order valence-corrected chi connectivity index (χ4v) is 3.17. The van der Waals surface area contributed by atoms with Crippen LogP contribution in [0.2, 0.25) is 5.02 Å². The highest BCUT2D eigenvalue weighted by Gasteiger charge is 2.13. The topological polar surface area (TPSA) is 86.2 Å². The van der Waals surface area contributed by atoms with Crippen molar-refractivity contribution in [3.63, 3.8) is 0 Å². The van der Waals surface area contributed by atoms with E-state index in [0.717, 1.165) is 4.47 Å². The fraction of sp³-hybridized carbons (Fsp3) is 0.0870. The van der Waals surface area contributed by atoms with Crippen molar-refractivity contribution in [1.29, 1.82) is 0 Å². The molecule has 0 atom stereocenters. The van der Waals surface area contributed by atoms with E-state index in [0.29, 0.717) is 33.2 Å². The van der Waals surface area contributed by atoms with Gasteiger partial charge in [0, 0.05) is 20.6 Å². The van der Waals surface area contributed by atoms with Gasteiger partial charge < -0.3 is 14.2 Å². The molecule has 0 aliphatic heterocycles. The minimum atomic E-state index is -0.548. The summed E-state index contributed by atoms with van der Waals surface area (Å²) in [7, 11) is 3.00. The number of nitrogens with zero attached hydrogens (tertiary/aromatic N) is 1. The number of methoxy groups -OCH3 is 2. The van der Waals surface area contributed by atoms with Crippen LogP contribution in [0.25, 0.3) is 0 Å². The molecule has 0 heterocycles. The molecule has 0 bridgehead atoms. The Bertz CT molecular complexity index is 1170. The number of benzene rings is 3. The maximum atomic E-state index is 12.4. The van der Waals surface area contributed by atoms with Crippen LogP contribution in [-0.2, 0) is 0 Å². The highest BCUT2D eigenvalue weighted by atomic mass is 79.9. The van der Waals surface area contributed by atoms with Crippen molar-refractivity contribution in [2.24, 2.45) is 5.10 Å². The molecular weight excluding hydrogens is 500 g/mol. The zero-order chi connectivity index (χ0) is 23.1. The number of hydrogen-bond donors (Lipinski definition) is 1. The second-order valence-corrected chi connectivity index (χ2v) is 7.70. The summed E-state index contributed by atoms with van der Waals surface area (Å²) in [6.07, 6.45) is 1.38. The predicted molar refractivity (Wildman–Crippen MR) is 125 cm³/mol. The summed E-state index contributed by atoms with van der Waals surface area (Å²) in [4.78, 5) is 24.8. The number of carbonyl (C=O) groups is 2. The zero-order valence-electron chi connectivity index (χ0n) is 17.1. The summed E-state index contributed by atoms with van der Waals surface area (Å²) in [6, 6.07) is 16.2. The Hall–Kier alpha value is -3.36. The van der Waals surface area contributed by atoms with Crippen LogP contribution in [-0.4, -0.2) is 32.3 Å². The van der Waals surface area contributed by atoms with Crippen molar-refractivity contribution >= 4 is 45.6 Å². The number of esters is 1. The van der Waals surface area contributed by atoms with Crippen molar-refractivity contribution in [3.8, 4) is 17.2 Å². The van der Waals surface area contributed by atoms with Crippen molar-refractivity contribution in [3.05, 3.63) is 86.8 Å². The highest BCUT2D eigenvalue weighted by molar-refractivity contribution is 9.10. The third-order valence-corrected chi connectivity index (χ3v) is 5.02. The molecule has 0 aromatic heterocycles. The van der Waals surface area contributed by atoms with E-state index in [1.54, 1.807) is 60.7 Å². The van der Waals surface area contributed by atoms with Crippen molar-refractivity contribution in [1.82, 2.24) is 5.43 Å². The molecule has 1 amide bonds. The minimum Gasteiger partial charge on any atom is -0.493 e. The molecule has 3 rings (SSSR count). The Kier molecular flexibility index (Phi) is 7.86. The summed E-state index contributed by atoms with van der Waals surface area (Å²) in [6.45, 7) is 0. The van der Waals surface area contributed by atoms with Crippen molar-refractivity contribution in [2.75, 3.05) is 14.2 Å². The number of amides is 1. The number of ether oxygens (including phenoxy) is 3. The van der Waals surface area contributed by atoms with Gasteiger partial charge in [-0.1, -0.05) is 27.5 Å². The molecule has 3 aromatic carbocycles. The summed E-state index contributed by atoms with van der Waals surface area (Å²) in [5.41, 5.74) is 3.60. The molecule has 0 aliphatic rings. The number of halogens is 2. The van der Waals surface area contributed by atoms with E-state index in [4.69, 9.17) is 25.8 Å². The van der Waals surface area contributed by atoms with Gasteiger partial charge in [0.2, 0.25) is 0 Å². The van der Waals surface area contributed by atoms with Crippen LogP contribution in [0.15, 0.2) is 70.2 Å². The molecule has 0 radical (unpaired) electrons. The molecule has 9 heteroatoms. The van der Waals surface area contributed by atoms with E-state index in [2.05, 4.69) is 26.5 Å². The lowest BCUT2D eigenvalue weighted by Gasteiger charge is -2.09. The second kappa shape index (κ2) is 10.8. The van der Waals surface area contributed by atoms with Crippen molar-refractivity contribution in [2.45, 2.75) is 0 Å². The number of rotatable bonds is 7. The third-order valence-electron chi connectivity index (χ3n) is 4.27. The predicted octanol–water partition coefficient (Wildman–Crippen LogP) is 5.10. The lowest BCUT2D eigenvalue weighted by atomic mass is 10.2. The summed E-state index contributed by atoms with van der Waals surface area (Å²) >= 11 is 9.23. The van der Waals surface area contributed by atoms with Crippen LogP contribution in [0.5, 0.6) is 17.2 Å². The molecule has 0 unspecified atom stereocenters. The Labute approximate surface area is 198 Å². The normalized spacial score (nSPS) is 10.6. The first-order valence-corrected chi connectivity index (χ1v) is 10.4. The largest absolute Gasteiger partial charge is 0.493 e. The van der Waals surface area contributed by atoms with E-state index in [9.17, 15) is 9.59 Å². The van der Waals surface area contributed by atoms with Crippen LogP contribution in [0.1, 0.15) is 26.3 Å². The smallest absolute Gasteiger partial charge is 0.343 e. The molecule has 0 spiro atoms. The highest BCUT2D eigenvalue weighted by Crippen LogP contribution is 2.27. The molecule has 1 N–H and O–H groups in total. The van der Waals surface area contributed by atoms with Crippen LogP contribution in [0, 0.1) is 0 Å². The van der Waals surface area contributed by atoms with Crippen LogP contribution < -0.4 is 19.6 Å². The van der Waals surface area contributed by atoms with Gasteiger partial charge >= 0.3 is 5.97 Å². The van der Waals surface area contributed by atoms with Gasteiger partial charge in [0.1, 0.15) is 5.75 Å². The monoisotopic (exact) mass is 516 g/mol. The molecule has 0 aliphatic carbocycles. The fourth-order valence-electron chi connectivity index (χ4n) is 2.66. The average Bonchev–Trinajstić information content (AvgIpc) is 2.80. The number of hydrazone groups is 1. The molecule has 164 valence electrons. The first kappa shape index (κ1) is 23.3. The summed E-state index contributed by atoms with van der Waals surface area (Å²) in [5.74, 6) is 0.212. The van der Waals surface area contributed by atoms with Gasteiger partial charge in [-0.05, 0) is 60.7 Å². The van der Waals surface area contributed by atoms with Gasteiger partial charge in [0.05, 0.1) is 26.0 Å². The van der Waals surface area contributed by atoms with E-state index in [1.165, 1.54) is 20.4 Å². The molecule has 7 nitrogen and oxygen atoms in total. The van der Waals surface area contributed by atoms with Gasteiger partial charge in [-0.15, -0.1) is 0 Å². The van der Waals surface area contributed by atoms with Gasteiger partial charge in [0.25, 0.3) is 5.91 Å². The molecule has 0 fully saturated rings. The molecular formula is C23H18BrClN2O5. The van der Waals surface area contributed by atoms with Gasteiger partial charge in [0.15, 0.2) is 11.5 Å². The van der Waals surface area contributed by atoms with Gasteiger partial charge in [-0.25, -0.2) is 10.2 Å². The molecule has 0 saturated heterocycles. The lowest BCUT2D eigenvalue weighted by Crippen LogP contribution is -2.18. The van der Waals surface area contributed by atoms with Crippen LogP contribution >= 0.6 is 27.5 Å². The van der Waals surface area contributed by atoms with E-state index < -0.39 is 11.9 Å².